The summed E-state index contributed by atoms with van der Waals surface area (Å²) in [5.74, 6) is -0.925. The number of carbonyl (C=O) groups excluding carboxylic acids is 1. The zero-order chi connectivity index (χ0) is 13.3. The Balaban J connectivity index is 2.08. The molecule has 0 radical (unpaired) electrons. The highest BCUT2D eigenvalue weighted by atomic mass is 32.2. The molecule has 1 aliphatic heterocycles. The fourth-order valence-electron chi connectivity index (χ4n) is 1.98. The first-order valence-electron chi connectivity index (χ1n) is 5.68. The summed E-state index contributed by atoms with van der Waals surface area (Å²) < 4.78 is 22.6. The van der Waals surface area contributed by atoms with Gasteiger partial charge >= 0.3 is 0 Å². The highest BCUT2D eigenvalue weighted by Crippen LogP contribution is 2.26. The van der Waals surface area contributed by atoms with Crippen molar-refractivity contribution in [1.82, 2.24) is 0 Å². The van der Waals surface area contributed by atoms with Gasteiger partial charge in [-0.1, -0.05) is 6.07 Å². The molecule has 18 heavy (non-hydrogen) atoms. The zero-order valence-corrected chi connectivity index (χ0v) is 10.8. The second-order valence-electron chi connectivity index (χ2n) is 4.61. The summed E-state index contributed by atoms with van der Waals surface area (Å²) in [5, 5.41) is 12.2. The van der Waals surface area contributed by atoms with Crippen molar-refractivity contribution >= 4 is 21.4 Å². The van der Waals surface area contributed by atoms with Gasteiger partial charge in [-0.25, -0.2) is 8.42 Å². The molecule has 1 fully saturated rings. The maximum atomic E-state index is 11.9. The number of hydrogen-bond donors (Lipinski definition) is 2. The van der Waals surface area contributed by atoms with Gasteiger partial charge in [-0.15, -0.1) is 0 Å². The molecule has 1 aliphatic rings. The third-order valence-electron chi connectivity index (χ3n) is 3.01. The average Bonchev–Trinajstić information content (AvgIpc) is 2.63. The highest BCUT2D eigenvalue weighted by Gasteiger charge is 2.33. The Hall–Kier alpha value is -1.56. The molecule has 0 aliphatic carbocycles. The van der Waals surface area contributed by atoms with Crippen LogP contribution in [0, 0.1) is 12.8 Å². The van der Waals surface area contributed by atoms with Gasteiger partial charge in [0.15, 0.2) is 9.84 Å². The van der Waals surface area contributed by atoms with E-state index in [9.17, 15) is 18.3 Å². The number of carbonyl (C=O) groups is 1. The lowest BCUT2D eigenvalue weighted by Gasteiger charge is -2.11. The number of benzene rings is 1. The third-order valence-corrected chi connectivity index (χ3v) is 4.78. The lowest BCUT2D eigenvalue weighted by molar-refractivity contribution is -0.119. The average molecular weight is 269 g/mol. The molecule has 1 amide bonds. The van der Waals surface area contributed by atoms with E-state index in [1.807, 2.05) is 6.92 Å². The summed E-state index contributed by atoms with van der Waals surface area (Å²) in [6.07, 6.45) is 0.348. The van der Waals surface area contributed by atoms with Crippen LogP contribution < -0.4 is 5.32 Å². The lowest BCUT2D eigenvalue weighted by Crippen LogP contribution is -2.23. The number of phenols is 1. The first kappa shape index (κ1) is 12.9. The summed E-state index contributed by atoms with van der Waals surface area (Å²) in [6.45, 7) is 1.83. The van der Waals surface area contributed by atoms with E-state index < -0.39 is 15.8 Å². The van der Waals surface area contributed by atoms with E-state index in [0.29, 0.717) is 12.1 Å². The standard InChI is InChI=1S/C12H15NO4S/c1-8-2-3-10(11(14)6-8)13-12(15)9-4-5-18(16,17)7-9/h2-3,6,9,14H,4-5,7H2,1H3,(H,13,15). The number of anilines is 1. The van der Waals surface area contributed by atoms with Gasteiger partial charge in [0.2, 0.25) is 5.91 Å². The monoisotopic (exact) mass is 269 g/mol. The molecule has 0 aromatic heterocycles. The summed E-state index contributed by atoms with van der Waals surface area (Å²) in [7, 11) is -3.07. The summed E-state index contributed by atoms with van der Waals surface area (Å²) in [5.41, 5.74) is 1.20. The van der Waals surface area contributed by atoms with Crippen molar-refractivity contribution in [3.05, 3.63) is 23.8 Å². The molecule has 1 saturated heterocycles. The van der Waals surface area contributed by atoms with Gasteiger partial charge in [0.1, 0.15) is 5.75 Å². The zero-order valence-electron chi connectivity index (χ0n) is 10.0. The van der Waals surface area contributed by atoms with Crippen molar-refractivity contribution in [2.45, 2.75) is 13.3 Å². The van der Waals surface area contributed by atoms with Crippen LogP contribution in [0.2, 0.25) is 0 Å². The van der Waals surface area contributed by atoms with Crippen molar-refractivity contribution in [2.75, 3.05) is 16.8 Å². The molecule has 0 spiro atoms. The molecule has 2 N–H and O–H groups in total. The number of nitrogens with one attached hydrogen (secondary N) is 1. The van der Waals surface area contributed by atoms with Crippen LogP contribution in [0.4, 0.5) is 5.69 Å². The molecule has 1 aromatic carbocycles. The van der Waals surface area contributed by atoms with Crippen LogP contribution in [-0.4, -0.2) is 30.9 Å². The maximum absolute atomic E-state index is 11.9. The molecular formula is C12H15NO4S. The van der Waals surface area contributed by atoms with Gasteiger partial charge in [0.05, 0.1) is 23.1 Å². The van der Waals surface area contributed by atoms with Crippen LogP contribution in [0.3, 0.4) is 0 Å². The van der Waals surface area contributed by atoms with Gasteiger partial charge in [-0.2, -0.15) is 0 Å². The summed E-state index contributed by atoms with van der Waals surface area (Å²) >= 11 is 0. The van der Waals surface area contributed by atoms with Gasteiger partial charge < -0.3 is 10.4 Å². The van der Waals surface area contributed by atoms with Crippen molar-refractivity contribution in [3.63, 3.8) is 0 Å². The van der Waals surface area contributed by atoms with Gasteiger partial charge in [0, 0.05) is 0 Å². The smallest absolute Gasteiger partial charge is 0.228 e. The Morgan fingerprint density at radius 3 is 2.72 bits per heavy atom. The summed E-state index contributed by atoms with van der Waals surface area (Å²) in [6, 6.07) is 4.91. The van der Waals surface area contributed by atoms with E-state index in [4.69, 9.17) is 0 Å². The van der Waals surface area contributed by atoms with E-state index in [0.717, 1.165) is 5.56 Å². The molecule has 1 unspecified atom stereocenters. The fourth-order valence-corrected chi connectivity index (χ4v) is 3.73. The Labute approximate surface area is 106 Å². The molecule has 0 bridgehead atoms. The molecule has 1 heterocycles. The summed E-state index contributed by atoms with van der Waals surface area (Å²) in [4.78, 5) is 11.9. The Bertz CT molecular complexity index is 580. The van der Waals surface area contributed by atoms with Crippen molar-refractivity contribution in [2.24, 2.45) is 5.92 Å². The Morgan fingerprint density at radius 1 is 1.44 bits per heavy atom. The van der Waals surface area contributed by atoms with Crippen LogP contribution >= 0.6 is 0 Å². The van der Waals surface area contributed by atoms with Crippen LogP contribution in [0.25, 0.3) is 0 Å². The molecular weight excluding hydrogens is 254 g/mol. The Morgan fingerprint density at radius 2 is 2.17 bits per heavy atom. The maximum Gasteiger partial charge on any atom is 0.228 e. The number of hydrogen-bond acceptors (Lipinski definition) is 4. The number of phenolic OH excluding ortho intramolecular Hbond substituents is 1. The predicted molar refractivity (Wildman–Crippen MR) is 68.2 cm³/mol. The normalized spacial score (nSPS) is 21.7. The molecule has 98 valence electrons. The molecule has 2 rings (SSSR count). The number of rotatable bonds is 2. The Kier molecular flexibility index (Phi) is 3.30. The lowest BCUT2D eigenvalue weighted by atomic mass is 10.1. The van der Waals surface area contributed by atoms with E-state index in [1.54, 1.807) is 18.2 Å². The van der Waals surface area contributed by atoms with Gasteiger partial charge in [-0.3, -0.25) is 4.79 Å². The third kappa shape index (κ3) is 2.81. The molecule has 0 saturated carbocycles. The van der Waals surface area contributed by atoms with Crippen LogP contribution in [0.5, 0.6) is 5.75 Å². The van der Waals surface area contributed by atoms with E-state index in [2.05, 4.69) is 5.32 Å². The second kappa shape index (κ2) is 4.61. The first-order valence-corrected chi connectivity index (χ1v) is 7.50. The number of sulfone groups is 1. The number of aryl methyl sites for hydroxylation is 1. The van der Waals surface area contributed by atoms with E-state index in [-0.39, 0.29) is 23.2 Å². The SMILES string of the molecule is Cc1ccc(NC(=O)C2CCS(=O)(=O)C2)c(O)c1. The second-order valence-corrected chi connectivity index (χ2v) is 6.84. The predicted octanol–water partition coefficient (Wildman–Crippen LogP) is 1.07. The molecule has 1 aromatic rings. The topological polar surface area (TPSA) is 83.5 Å². The molecule has 5 nitrogen and oxygen atoms in total. The van der Waals surface area contributed by atoms with Crippen LogP contribution in [0.15, 0.2) is 18.2 Å². The quantitative estimate of drug-likeness (QED) is 0.787. The van der Waals surface area contributed by atoms with Crippen molar-refractivity contribution < 1.29 is 18.3 Å². The minimum absolute atomic E-state index is 0.01000. The van der Waals surface area contributed by atoms with Crippen molar-refractivity contribution in [3.8, 4) is 5.75 Å². The largest absolute Gasteiger partial charge is 0.506 e. The molecule has 1 atom stereocenters. The number of aromatic hydroxyl groups is 1. The van der Waals surface area contributed by atoms with Crippen molar-refractivity contribution in [1.29, 1.82) is 0 Å². The van der Waals surface area contributed by atoms with Gasteiger partial charge in [-0.05, 0) is 31.0 Å². The van der Waals surface area contributed by atoms with Crippen LogP contribution in [-0.2, 0) is 14.6 Å². The minimum atomic E-state index is -3.07. The van der Waals surface area contributed by atoms with E-state index in [1.165, 1.54) is 0 Å². The minimum Gasteiger partial charge on any atom is -0.506 e. The van der Waals surface area contributed by atoms with E-state index >= 15 is 0 Å². The van der Waals surface area contributed by atoms with Gasteiger partial charge in [0.25, 0.3) is 0 Å². The highest BCUT2D eigenvalue weighted by molar-refractivity contribution is 7.91. The first-order chi connectivity index (χ1) is 8.37. The fraction of sp³-hybridized carbons (Fsp3) is 0.417. The molecule has 6 heteroatoms. The number of amides is 1. The van der Waals surface area contributed by atoms with Crippen LogP contribution in [0.1, 0.15) is 12.0 Å².